The van der Waals surface area contributed by atoms with Crippen LogP contribution in [0.25, 0.3) is 17.3 Å². The van der Waals surface area contributed by atoms with E-state index in [1.165, 1.54) is 52.0 Å². The van der Waals surface area contributed by atoms with Crippen LogP contribution in [0, 0.1) is 0 Å². The van der Waals surface area contributed by atoms with Crippen molar-refractivity contribution < 1.29 is 14.2 Å². The number of nitrogens with one attached hydrogen (secondary N) is 1. The molecule has 2 amide bonds. The molecule has 2 aromatic heterocycles. The van der Waals surface area contributed by atoms with Crippen molar-refractivity contribution in [3.63, 3.8) is 0 Å². The summed E-state index contributed by atoms with van der Waals surface area (Å²) in [6.45, 7) is -0.205. The van der Waals surface area contributed by atoms with Crippen LogP contribution < -0.4 is 5.32 Å². The number of aromatic nitrogens is 2. The quantitative estimate of drug-likeness (QED) is 0.423. The average Bonchev–Trinajstić information content (AvgIpc) is 3.53. The summed E-state index contributed by atoms with van der Waals surface area (Å²) < 4.78 is 5.25. The zero-order valence-electron chi connectivity index (χ0n) is 16.9. The highest BCUT2D eigenvalue weighted by atomic mass is 32.2. The van der Waals surface area contributed by atoms with Gasteiger partial charge in [-0.1, -0.05) is 42.2 Å². The molecule has 10 heteroatoms. The molecule has 1 fully saturated rings. The summed E-state index contributed by atoms with van der Waals surface area (Å²) in [4.78, 5) is 28.2. The van der Waals surface area contributed by atoms with E-state index in [1.807, 2.05) is 23.6 Å². The minimum absolute atomic E-state index is 0.205. The van der Waals surface area contributed by atoms with Gasteiger partial charge in [-0.2, -0.15) is 0 Å². The highest BCUT2D eigenvalue weighted by Crippen LogP contribution is 2.33. The Bertz CT molecular complexity index is 1230. The zero-order valence-corrected chi connectivity index (χ0v) is 19.3. The molecule has 7 nitrogen and oxygen atoms in total. The van der Waals surface area contributed by atoms with Crippen molar-refractivity contribution >= 4 is 63.3 Å². The van der Waals surface area contributed by atoms with Crippen molar-refractivity contribution in [2.75, 3.05) is 11.9 Å². The van der Waals surface area contributed by atoms with Crippen LogP contribution in [0.5, 0.6) is 0 Å². The molecule has 162 valence electrons. The average molecular weight is 483 g/mol. The molecule has 5 rings (SSSR count). The Balaban J connectivity index is 1.29. The number of fused-ring (bicyclic) bond motifs is 1. The second-order valence-corrected chi connectivity index (χ2v) is 10.1. The van der Waals surface area contributed by atoms with Gasteiger partial charge in [-0.05, 0) is 70.7 Å². The van der Waals surface area contributed by atoms with Crippen LogP contribution in [0.4, 0.5) is 5.82 Å². The Labute approximate surface area is 197 Å². The van der Waals surface area contributed by atoms with Gasteiger partial charge in [0.2, 0.25) is 11.7 Å². The summed E-state index contributed by atoms with van der Waals surface area (Å²) >= 11 is 8.04. The fraction of sp³-hybridized carbons (Fsp3) is 0.227. The predicted octanol–water partition coefficient (Wildman–Crippen LogP) is 4.52. The van der Waals surface area contributed by atoms with Crippen LogP contribution >= 0.6 is 35.3 Å². The van der Waals surface area contributed by atoms with E-state index in [0.717, 1.165) is 23.3 Å². The first-order valence-electron chi connectivity index (χ1n) is 10.1. The number of anilines is 1. The van der Waals surface area contributed by atoms with E-state index in [4.69, 9.17) is 16.8 Å². The lowest BCUT2D eigenvalue weighted by Gasteiger charge is -2.16. The van der Waals surface area contributed by atoms with Crippen LogP contribution in [0.2, 0.25) is 0 Å². The fourth-order valence-electron chi connectivity index (χ4n) is 3.79. The number of nitrogens with zero attached hydrogens (tertiary/aromatic N) is 3. The van der Waals surface area contributed by atoms with Crippen molar-refractivity contribution in [3.05, 3.63) is 56.6 Å². The zero-order chi connectivity index (χ0) is 22.1. The maximum absolute atomic E-state index is 12.7. The summed E-state index contributed by atoms with van der Waals surface area (Å²) in [5.74, 6) is -0.476. The van der Waals surface area contributed by atoms with Crippen molar-refractivity contribution in [3.8, 4) is 11.3 Å². The summed E-state index contributed by atoms with van der Waals surface area (Å²) in [5.41, 5.74) is 3.96. The van der Waals surface area contributed by atoms with Crippen molar-refractivity contribution in [1.29, 1.82) is 0 Å². The van der Waals surface area contributed by atoms with Gasteiger partial charge in [0.1, 0.15) is 10.9 Å². The molecule has 0 saturated carbocycles. The predicted molar refractivity (Wildman–Crippen MR) is 129 cm³/mol. The lowest BCUT2D eigenvalue weighted by molar-refractivity contribution is -0.126. The van der Waals surface area contributed by atoms with Gasteiger partial charge in [0.15, 0.2) is 5.69 Å². The topological polar surface area (TPSA) is 88.3 Å². The fourth-order valence-corrected chi connectivity index (χ4v) is 5.77. The third-order valence-electron chi connectivity index (χ3n) is 5.36. The summed E-state index contributed by atoms with van der Waals surface area (Å²) in [5, 5.41) is 12.5. The number of aryl methyl sites for hydroxylation is 2. The number of thiocarbonyl (C=S) groups is 1. The second-order valence-electron chi connectivity index (χ2n) is 7.48. The van der Waals surface area contributed by atoms with Crippen molar-refractivity contribution in [2.45, 2.75) is 25.7 Å². The van der Waals surface area contributed by atoms with E-state index in [1.54, 1.807) is 6.08 Å². The molecular formula is C22H18N4O3S3. The minimum Gasteiger partial charge on any atom is -0.304 e. The number of carbonyl (C=O) groups is 2. The molecule has 1 N–H and O–H groups in total. The summed E-state index contributed by atoms with van der Waals surface area (Å²) in [7, 11) is 0. The van der Waals surface area contributed by atoms with E-state index < -0.39 is 5.91 Å². The third-order valence-corrected chi connectivity index (χ3v) is 7.56. The lowest BCUT2D eigenvalue weighted by atomic mass is 9.90. The van der Waals surface area contributed by atoms with Crippen LogP contribution in [0.3, 0.4) is 0 Å². The molecule has 1 aliphatic carbocycles. The van der Waals surface area contributed by atoms with E-state index in [0.29, 0.717) is 14.9 Å². The molecule has 32 heavy (non-hydrogen) atoms. The van der Waals surface area contributed by atoms with Crippen molar-refractivity contribution in [2.24, 2.45) is 0 Å². The van der Waals surface area contributed by atoms with Gasteiger partial charge in [-0.15, -0.1) is 11.3 Å². The van der Waals surface area contributed by atoms with Crippen LogP contribution in [0.1, 0.15) is 28.8 Å². The van der Waals surface area contributed by atoms with Crippen LogP contribution in [-0.2, 0) is 22.4 Å². The molecule has 0 spiro atoms. The number of hydrogen-bond donors (Lipinski definition) is 1. The van der Waals surface area contributed by atoms with E-state index >= 15 is 0 Å². The first-order chi connectivity index (χ1) is 15.6. The third kappa shape index (κ3) is 4.25. The molecule has 1 saturated heterocycles. The SMILES string of the molecule is O=C(CN1C(=O)/C(=C/c2cccs2)SC1=S)Nc1nonc1-c1ccc2c(c1)CCCC2. The van der Waals surface area contributed by atoms with E-state index in [2.05, 4.69) is 27.8 Å². The summed E-state index contributed by atoms with van der Waals surface area (Å²) in [6.07, 6.45) is 6.28. The first-order valence-corrected chi connectivity index (χ1v) is 12.2. The molecular weight excluding hydrogens is 464 g/mol. The number of amides is 2. The molecule has 0 bridgehead atoms. The number of hydrogen-bond acceptors (Lipinski definition) is 8. The lowest BCUT2D eigenvalue weighted by Crippen LogP contribution is -2.36. The number of benzene rings is 1. The Morgan fingerprint density at radius 3 is 2.88 bits per heavy atom. The van der Waals surface area contributed by atoms with Gasteiger partial charge in [0.25, 0.3) is 5.91 Å². The highest BCUT2D eigenvalue weighted by molar-refractivity contribution is 8.26. The van der Waals surface area contributed by atoms with Gasteiger partial charge >= 0.3 is 0 Å². The molecule has 3 heterocycles. The maximum Gasteiger partial charge on any atom is 0.266 e. The number of thiophene rings is 1. The number of rotatable bonds is 5. The Morgan fingerprint density at radius 1 is 1.22 bits per heavy atom. The smallest absolute Gasteiger partial charge is 0.266 e. The van der Waals surface area contributed by atoms with Gasteiger partial charge in [-0.3, -0.25) is 14.5 Å². The standard InChI is InChI=1S/C22H18N4O3S3/c27-18(12-26-21(28)17(32-22(26)30)11-16-6-3-9-31-16)23-20-19(24-29-25-20)15-8-7-13-4-1-2-5-14(13)10-15/h3,6-11H,1-2,4-5,12H2,(H,23,25,27)/b17-11-. The number of carbonyl (C=O) groups excluding carboxylic acids is 2. The minimum atomic E-state index is -0.423. The van der Waals surface area contributed by atoms with Crippen LogP contribution in [-0.4, -0.2) is 37.9 Å². The molecule has 0 atom stereocenters. The maximum atomic E-state index is 12.7. The van der Waals surface area contributed by atoms with Gasteiger partial charge in [0.05, 0.1) is 4.91 Å². The van der Waals surface area contributed by atoms with E-state index in [9.17, 15) is 9.59 Å². The van der Waals surface area contributed by atoms with Gasteiger partial charge in [0, 0.05) is 10.4 Å². The largest absolute Gasteiger partial charge is 0.304 e. The highest BCUT2D eigenvalue weighted by Gasteiger charge is 2.33. The monoisotopic (exact) mass is 482 g/mol. The molecule has 1 aromatic carbocycles. The molecule has 0 radical (unpaired) electrons. The van der Waals surface area contributed by atoms with Gasteiger partial charge in [-0.25, -0.2) is 4.63 Å². The first kappa shape index (κ1) is 21.0. The normalized spacial score (nSPS) is 17.1. The second kappa shape index (κ2) is 8.97. The van der Waals surface area contributed by atoms with E-state index in [-0.39, 0.29) is 18.3 Å². The number of thioether (sulfide) groups is 1. The molecule has 3 aromatic rings. The Kier molecular flexibility index (Phi) is 5.90. The Morgan fingerprint density at radius 2 is 2.06 bits per heavy atom. The van der Waals surface area contributed by atoms with Crippen molar-refractivity contribution in [1.82, 2.24) is 15.2 Å². The molecule has 1 aliphatic heterocycles. The van der Waals surface area contributed by atoms with Crippen LogP contribution in [0.15, 0.2) is 45.2 Å². The molecule has 2 aliphatic rings. The molecule has 0 unspecified atom stereocenters. The Hall–Kier alpha value is -2.82. The van der Waals surface area contributed by atoms with Gasteiger partial charge < -0.3 is 5.32 Å². The summed E-state index contributed by atoms with van der Waals surface area (Å²) in [6, 6.07) is 9.99.